The predicted molar refractivity (Wildman–Crippen MR) is 107 cm³/mol. The Kier molecular flexibility index (Phi) is 4.97. The van der Waals surface area contributed by atoms with E-state index in [1.807, 2.05) is 29.6 Å². The molecule has 8 heteroatoms. The van der Waals surface area contributed by atoms with Gasteiger partial charge in [-0.05, 0) is 41.3 Å². The van der Waals surface area contributed by atoms with Gasteiger partial charge in [0.05, 0.1) is 16.8 Å². The lowest BCUT2D eigenvalue weighted by Crippen LogP contribution is -2.12. The first-order valence-corrected chi connectivity index (χ1v) is 10.4. The second-order valence-corrected chi connectivity index (χ2v) is 8.36. The van der Waals surface area contributed by atoms with E-state index in [1.54, 1.807) is 30.3 Å². The van der Waals surface area contributed by atoms with Crippen molar-refractivity contribution in [3.05, 3.63) is 64.9 Å². The van der Waals surface area contributed by atoms with Gasteiger partial charge in [-0.25, -0.2) is 8.42 Å². The van der Waals surface area contributed by atoms with Crippen molar-refractivity contribution in [1.29, 1.82) is 0 Å². The van der Waals surface area contributed by atoms with Crippen molar-refractivity contribution < 1.29 is 13.2 Å². The number of para-hydroxylation sites is 1. The van der Waals surface area contributed by atoms with E-state index in [1.165, 1.54) is 11.3 Å². The van der Waals surface area contributed by atoms with E-state index in [2.05, 4.69) is 10.0 Å². The molecule has 2 aromatic carbocycles. The highest BCUT2D eigenvalue weighted by molar-refractivity contribution is 7.92. The Balaban J connectivity index is 1.77. The zero-order valence-corrected chi connectivity index (χ0v) is 15.5. The molecular formula is C18H17N3O3S2. The van der Waals surface area contributed by atoms with Crippen LogP contribution in [0.15, 0.2) is 60.0 Å². The molecule has 0 spiro atoms. The highest BCUT2D eigenvalue weighted by atomic mass is 32.2. The fourth-order valence-electron chi connectivity index (χ4n) is 2.42. The molecule has 0 saturated heterocycles. The number of carbonyl (C=O) groups excluding carboxylic acids is 1. The molecule has 1 heterocycles. The van der Waals surface area contributed by atoms with Crippen molar-refractivity contribution in [1.82, 2.24) is 0 Å². The van der Waals surface area contributed by atoms with Crippen LogP contribution >= 0.6 is 11.3 Å². The van der Waals surface area contributed by atoms with E-state index in [4.69, 9.17) is 5.73 Å². The maximum atomic E-state index is 12.5. The SMILES string of the molecule is CS(=O)(=O)Nc1cccc(NC(=O)c2cc(-c3ccccc3N)cs2)c1. The summed E-state index contributed by atoms with van der Waals surface area (Å²) in [4.78, 5) is 13.0. The highest BCUT2D eigenvalue weighted by Gasteiger charge is 2.12. The van der Waals surface area contributed by atoms with Gasteiger partial charge in [0.25, 0.3) is 5.91 Å². The smallest absolute Gasteiger partial charge is 0.265 e. The zero-order chi connectivity index (χ0) is 18.7. The number of thiophene rings is 1. The molecule has 26 heavy (non-hydrogen) atoms. The molecule has 3 rings (SSSR count). The number of benzene rings is 2. The molecule has 3 aromatic rings. The Bertz CT molecular complexity index is 1060. The molecule has 134 valence electrons. The first-order valence-electron chi connectivity index (χ1n) is 7.64. The summed E-state index contributed by atoms with van der Waals surface area (Å²) in [5.74, 6) is -0.271. The average molecular weight is 387 g/mol. The van der Waals surface area contributed by atoms with E-state index in [0.717, 1.165) is 17.4 Å². The number of hydrogen-bond donors (Lipinski definition) is 3. The second-order valence-electron chi connectivity index (χ2n) is 5.70. The Morgan fingerprint density at radius 3 is 2.50 bits per heavy atom. The molecular weight excluding hydrogens is 370 g/mol. The number of hydrogen-bond acceptors (Lipinski definition) is 5. The molecule has 0 aliphatic carbocycles. The number of nitrogen functional groups attached to an aromatic ring is 1. The van der Waals surface area contributed by atoms with E-state index >= 15 is 0 Å². The van der Waals surface area contributed by atoms with Crippen molar-refractivity contribution in [2.45, 2.75) is 0 Å². The van der Waals surface area contributed by atoms with Crippen LogP contribution in [0.3, 0.4) is 0 Å². The van der Waals surface area contributed by atoms with E-state index < -0.39 is 10.0 Å². The summed E-state index contributed by atoms with van der Waals surface area (Å²) < 4.78 is 25.0. The molecule has 0 unspecified atom stereocenters. The van der Waals surface area contributed by atoms with E-state index in [0.29, 0.717) is 21.9 Å². The lowest BCUT2D eigenvalue weighted by Gasteiger charge is -2.07. The summed E-state index contributed by atoms with van der Waals surface area (Å²) >= 11 is 1.32. The number of rotatable bonds is 5. The topological polar surface area (TPSA) is 101 Å². The van der Waals surface area contributed by atoms with Crippen molar-refractivity contribution in [3.63, 3.8) is 0 Å². The number of anilines is 3. The van der Waals surface area contributed by atoms with Gasteiger partial charge in [0.1, 0.15) is 0 Å². The molecule has 0 aliphatic heterocycles. The minimum Gasteiger partial charge on any atom is -0.398 e. The van der Waals surface area contributed by atoms with Crippen LogP contribution in [-0.4, -0.2) is 20.6 Å². The van der Waals surface area contributed by atoms with E-state index in [9.17, 15) is 13.2 Å². The largest absolute Gasteiger partial charge is 0.398 e. The molecule has 1 aromatic heterocycles. The minimum absolute atomic E-state index is 0.271. The van der Waals surface area contributed by atoms with Crippen LogP contribution in [-0.2, 0) is 10.0 Å². The second kappa shape index (κ2) is 7.19. The summed E-state index contributed by atoms with van der Waals surface area (Å²) in [5, 5.41) is 4.65. The summed E-state index contributed by atoms with van der Waals surface area (Å²) in [5.41, 5.74) is 9.27. The standard InChI is InChI=1S/C18H17N3O3S2/c1-26(23,24)21-14-6-4-5-13(10-14)20-18(22)17-9-12(11-25-17)15-7-2-3-8-16(15)19/h2-11,21H,19H2,1H3,(H,20,22). The highest BCUT2D eigenvalue weighted by Crippen LogP contribution is 2.30. The first kappa shape index (κ1) is 18.0. The molecule has 0 saturated carbocycles. The number of amides is 1. The number of sulfonamides is 1. The maximum Gasteiger partial charge on any atom is 0.265 e. The van der Waals surface area contributed by atoms with Crippen LogP contribution in [0.5, 0.6) is 0 Å². The van der Waals surface area contributed by atoms with Crippen LogP contribution in [0.2, 0.25) is 0 Å². The first-order chi connectivity index (χ1) is 12.3. The molecule has 0 atom stereocenters. The lowest BCUT2D eigenvalue weighted by molar-refractivity contribution is 0.103. The quantitative estimate of drug-likeness (QED) is 0.582. The monoisotopic (exact) mass is 387 g/mol. The number of carbonyl (C=O) groups is 1. The Morgan fingerprint density at radius 1 is 1.04 bits per heavy atom. The zero-order valence-electron chi connectivity index (χ0n) is 13.9. The van der Waals surface area contributed by atoms with Crippen LogP contribution < -0.4 is 15.8 Å². The molecule has 0 fully saturated rings. The predicted octanol–water partition coefficient (Wildman–Crippen LogP) is 3.62. The van der Waals surface area contributed by atoms with Gasteiger partial charge in [-0.15, -0.1) is 11.3 Å². The Hall–Kier alpha value is -2.84. The molecule has 0 aliphatic rings. The van der Waals surface area contributed by atoms with Gasteiger partial charge >= 0.3 is 0 Å². The summed E-state index contributed by atoms with van der Waals surface area (Å²) in [6.07, 6.45) is 1.07. The van der Waals surface area contributed by atoms with Gasteiger partial charge in [-0.3, -0.25) is 9.52 Å². The van der Waals surface area contributed by atoms with Crippen LogP contribution in [0.4, 0.5) is 17.1 Å². The van der Waals surface area contributed by atoms with Crippen LogP contribution in [0.25, 0.3) is 11.1 Å². The van der Waals surface area contributed by atoms with Gasteiger partial charge in [0.15, 0.2) is 0 Å². The molecule has 4 N–H and O–H groups in total. The van der Waals surface area contributed by atoms with E-state index in [-0.39, 0.29) is 5.91 Å². The number of nitrogens with two attached hydrogens (primary N) is 1. The lowest BCUT2D eigenvalue weighted by atomic mass is 10.1. The van der Waals surface area contributed by atoms with Gasteiger partial charge in [-0.2, -0.15) is 0 Å². The van der Waals surface area contributed by atoms with Crippen molar-refractivity contribution >= 4 is 44.3 Å². The number of nitrogens with one attached hydrogen (secondary N) is 2. The third-order valence-corrected chi connectivity index (χ3v) is 5.05. The Morgan fingerprint density at radius 2 is 1.77 bits per heavy atom. The van der Waals surface area contributed by atoms with Gasteiger partial charge in [0.2, 0.25) is 10.0 Å². The fraction of sp³-hybridized carbons (Fsp3) is 0.0556. The summed E-state index contributed by atoms with van der Waals surface area (Å²) in [6, 6.07) is 15.8. The van der Waals surface area contributed by atoms with Gasteiger partial charge in [0, 0.05) is 16.9 Å². The molecule has 0 radical (unpaired) electrons. The average Bonchev–Trinajstić information content (AvgIpc) is 3.04. The van der Waals surface area contributed by atoms with Crippen LogP contribution in [0, 0.1) is 0 Å². The summed E-state index contributed by atoms with van der Waals surface area (Å²) in [6.45, 7) is 0. The Labute approximate surface area is 155 Å². The summed E-state index contributed by atoms with van der Waals surface area (Å²) in [7, 11) is -3.38. The van der Waals surface area contributed by atoms with Crippen molar-refractivity contribution in [2.75, 3.05) is 22.0 Å². The normalized spacial score (nSPS) is 11.1. The molecule has 1 amide bonds. The minimum atomic E-state index is -3.38. The van der Waals surface area contributed by atoms with Crippen molar-refractivity contribution in [3.8, 4) is 11.1 Å². The third-order valence-electron chi connectivity index (χ3n) is 3.52. The van der Waals surface area contributed by atoms with Crippen LogP contribution in [0.1, 0.15) is 9.67 Å². The molecule has 0 bridgehead atoms. The van der Waals surface area contributed by atoms with Gasteiger partial charge in [-0.1, -0.05) is 24.3 Å². The third kappa shape index (κ3) is 4.41. The fourth-order valence-corrected chi connectivity index (χ4v) is 3.78. The maximum absolute atomic E-state index is 12.5. The van der Waals surface area contributed by atoms with Crippen molar-refractivity contribution in [2.24, 2.45) is 0 Å². The van der Waals surface area contributed by atoms with Gasteiger partial charge < -0.3 is 11.1 Å². The molecule has 6 nitrogen and oxygen atoms in total.